The third-order valence-electron chi connectivity index (χ3n) is 4.62. The largest absolute Gasteiger partial charge is 0.491 e. The fraction of sp³-hybridized carbons (Fsp3) is 0.524. The SMILES string of the molecule is CC(C)Oc1ccc(-c2cc(N3CCCCC3)ncn2)cc1C(C)C. The Kier molecular flexibility index (Phi) is 5.57. The fourth-order valence-electron chi connectivity index (χ4n) is 3.32. The molecule has 1 saturated heterocycles. The summed E-state index contributed by atoms with van der Waals surface area (Å²) in [6.07, 6.45) is 5.68. The molecule has 1 fully saturated rings. The second kappa shape index (κ2) is 7.85. The van der Waals surface area contributed by atoms with Crippen molar-refractivity contribution in [3.8, 4) is 17.0 Å². The van der Waals surface area contributed by atoms with Gasteiger partial charge in [0.05, 0.1) is 11.8 Å². The van der Waals surface area contributed by atoms with Crippen LogP contribution in [-0.2, 0) is 0 Å². The summed E-state index contributed by atoms with van der Waals surface area (Å²) < 4.78 is 5.98. The smallest absolute Gasteiger partial charge is 0.132 e. The van der Waals surface area contributed by atoms with Crippen LogP contribution in [-0.4, -0.2) is 29.2 Å². The van der Waals surface area contributed by atoms with E-state index in [9.17, 15) is 0 Å². The predicted octanol–water partition coefficient (Wildman–Crippen LogP) is 5.04. The molecule has 0 radical (unpaired) electrons. The summed E-state index contributed by atoms with van der Waals surface area (Å²) in [6, 6.07) is 8.51. The molecule has 1 aliphatic rings. The fourth-order valence-corrected chi connectivity index (χ4v) is 3.32. The number of nitrogens with zero attached hydrogens (tertiary/aromatic N) is 3. The van der Waals surface area contributed by atoms with E-state index < -0.39 is 0 Å². The number of benzene rings is 1. The Bertz CT molecular complexity index is 706. The lowest BCUT2D eigenvalue weighted by molar-refractivity contribution is 0.239. The molecular formula is C21H29N3O. The monoisotopic (exact) mass is 339 g/mol. The number of aromatic nitrogens is 2. The first-order valence-corrected chi connectivity index (χ1v) is 9.42. The van der Waals surface area contributed by atoms with E-state index in [-0.39, 0.29) is 6.10 Å². The highest BCUT2D eigenvalue weighted by Crippen LogP contribution is 2.32. The molecule has 3 rings (SSSR count). The first kappa shape index (κ1) is 17.7. The van der Waals surface area contributed by atoms with Gasteiger partial charge in [0.25, 0.3) is 0 Å². The van der Waals surface area contributed by atoms with Gasteiger partial charge in [-0.1, -0.05) is 13.8 Å². The molecule has 0 aliphatic carbocycles. The molecule has 1 aromatic heterocycles. The maximum Gasteiger partial charge on any atom is 0.132 e. The van der Waals surface area contributed by atoms with E-state index in [4.69, 9.17) is 4.74 Å². The number of piperidine rings is 1. The van der Waals surface area contributed by atoms with Crippen LogP contribution in [0.3, 0.4) is 0 Å². The zero-order chi connectivity index (χ0) is 17.8. The number of rotatable bonds is 5. The molecule has 134 valence electrons. The molecule has 1 aromatic carbocycles. The van der Waals surface area contributed by atoms with Gasteiger partial charge in [-0.15, -0.1) is 0 Å². The van der Waals surface area contributed by atoms with Gasteiger partial charge in [-0.2, -0.15) is 0 Å². The lowest BCUT2D eigenvalue weighted by Crippen LogP contribution is -2.30. The van der Waals surface area contributed by atoms with E-state index in [2.05, 4.69) is 66.8 Å². The Morgan fingerprint density at radius 3 is 2.40 bits per heavy atom. The van der Waals surface area contributed by atoms with Gasteiger partial charge in [0.15, 0.2) is 0 Å². The molecule has 2 heterocycles. The van der Waals surface area contributed by atoms with Gasteiger partial charge in [-0.3, -0.25) is 0 Å². The van der Waals surface area contributed by atoms with Crippen molar-refractivity contribution in [2.75, 3.05) is 18.0 Å². The third-order valence-corrected chi connectivity index (χ3v) is 4.62. The third kappa shape index (κ3) is 4.30. The van der Waals surface area contributed by atoms with Crippen molar-refractivity contribution in [3.63, 3.8) is 0 Å². The Balaban J connectivity index is 1.92. The Hall–Kier alpha value is -2.10. The first-order valence-electron chi connectivity index (χ1n) is 9.42. The molecule has 4 heteroatoms. The van der Waals surface area contributed by atoms with Crippen LogP contribution >= 0.6 is 0 Å². The molecule has 0 N–H and O–H groups in total. The minimum atomic E-state index is 0.174. The molecule has 2 aromatic rings. The highest BCUT2D eigenvalue weighted by atomic mass is 16.5. The molecule has 0 saturated carbocycles. The van der Waals surface area contributed by atoms with Crippen LogP contribution in [0.5, 0.6) is 5.75 Å². The van der Waals surface area contributed by atoms with Crippen molar-refractivity contribution in [3.05, 3.63) is 36.2 Å². The van der Waals surface area contributed by atoms with Gasteiger partial charge < -0.3 is 9.64 Å². The molecule has 4 nitrogen and oxygen atoms in total. The summed E-state index contributed by atoms with van der Waals surface area (Å²) in [7, 11) is 0. The lowest BCUT2D eigenvalue weighted by atomic mass is 9.98. The summed E-state index contributed by atoms with van der Waals surface area (Å²) in [6.45, 7) is 10.7. The van der Waals surface area contributed by atoms with Gasteiger partial charge in [-0.05, 0) is 62.8 Å². The van der Waals surface area contributed by atoms with Crippen LogP contribution in [0.1, 0.15) is 58.4 Å². The molecule has 0 unspecified atom stereocenters. The maximum atomic E-state index is 5.98. The number of hydrogen-bond acceptors (Lipinski definition) is 4. The molecule has 1 aliphatic heterocycles. The van der Waals surface area contributed by atoms with Crippen molar-refractivity contribution in [1.82, 2.24) is 9.97 Å². The van der Waals surface area contributed by atoms with Gasteiger partial charge in [0.1, 0.15) is 17.9 Å². The summed E-state index contributed by atoms with van der Waals surface area (Å²) in [5.41, 5.74) is 3.33. The highest BCUT2D eigenvalue weighted by Gasteiger charge is 2.15. The van der Waals surface area contributed by atoms with Crippen molar-refractivity contribution in [2.45, 2.75) is 59.0 Å². The van der Waals surface area contributed by atoms with Gasteiger partial charge >= 0.3 is 0 Å². The number of ether oxygens (including phenoxy) is 1. The van der Waals surface area contributed by atoms with Crippen molar-refractivity contribution in [1.29, 1.82) is 0 Å². The van der Waals surface area contributed by atoms with Crippen LogP contribution in [0.4, 0.5) is 5.82 Å². The summed E-state index contributed by atoms with van der Waals surface area (Å²) in [5, 5.41) is 0. The molecule has 25 heavy (non-hydrogen) atoms. The van der Waals surface area contributed by atoms with E-state index in [1.54, 1.807) is 6.33 Å². The maximum absolute atomic E-state index is 5.98. The average molecular weight is 339 g/mol. The predicted molar refractivity (Wildman–Crippen MR) is 103 cm³/mol. The molecule has 0 amide bonds. The van der Waals surface area contributed by atoms with E-state index in [0.717, 1.165) is 35.9 Å². The standard InChI is InChI=1S/C21H29N3O/c1-15(2)18-12-17(8-9-20(18)25-16(3)4)19-13-21(23-14-22-19)24-10-6-5-7-11-24/h8-9,12-16H,5-7,10-11H2,1-4H3. The molecular weight excluding hydrogens is 310 g/mol. The van der Waals surface area contributed by atoms with E-state index in [1.807, 2.05) is 0 Å². The van der Waals surface area contributed by atoms with Crippen LogP contribution in [0, 0.1) is 0 Å². The average Bonchev–Trinajstić information content (AvgIpc) is 2.62. The van der Waals surface area contributed by atoms with Crippen molar-refractivity contribution >= 4 is 5.82 Å². The quantitative estimate of drug-likeness (QED) is 0.764. The lowest BCUT2D eigenvalue weighted by Gasteiger charge is -2.27. The van der Waals surface area contributed by atoms with Gasteiger partial charge in [0, 0.05) is 24.7 Å². The second-order valence-electron chi connectivity index (χ2n) is 7.38. The first-order chi connectivity index (χ1) is 12.0. The topological polar surface area (TPSA) is 38.2 Å². The van der Waals surface area contributed by atoms with E-state index >= 15 is 0 Å². The molecule has 0 bridgehead atoms. The zero-order valence-electron chi connectivity index (χ0n) is 15.8. The van der Waals surface area contributed by atoms with Crippen molar-refractivity contribution in [2.24, 2.45) is 0 Å². The number of anilines is 1. The summed E-state index contributed by atoms with van der Waals surface area (Å²) in [4.78, 5) is 11.4. The van der Waals surface area contributed by atoms with Gasteiger partial charge in [0.2, 0.25) is 0 Å². The van der Waals surface area contributed by atoms with Crippen LogP contribution in [0.2, 0.25) is 0 Å². The minimum absolute atomic E-state index is 0.174. The minimum Gasteiger partial charge on any atom is -0.491 e. The Morgan fingerprint density at radius 1 is 0.960 bits per heavy atom. The van der Waals surface area contributed by atoms with Crippen LogP contribution in [0.15, 0.2) is 30.6 Å². The van der Waals surface area contributed by atoms with E-state index in [1.165, 1.54) is 24.8 Å². The summed E-state index contributed by atoms with van der Waals surface area (Å²) >= 11 is 0. The zero-order valence-corrected chi connectivity index (χ0v) is 15.8. The second-order valence-corrected chi connectivity index (χ2v) is 7.38. The molecule has 0 spiro atoms. The van der Waals surface area contributed by atoms with Crippen LogP contribution in [0.25, 0.3) is 11.3 Å². The van der Waals surface area contributed by atoms with Crippen LogP contribution < -0.4 is 9.64 Å². The Labute approximate surface area is 151 Å². The van der Waals surface area contributed by atoms with Crippen molar-refractivity contribution < 1.29 is 4.74 Å². The van der Waals surface area contributed by atoms with Gasteiger partial charge in [-0.25, -0.2) is 9.97 Å². The Morgan fingerprint density at radius 2 is 1.72 bits per heavy atom. The molecule has 0 atom stereocenters. The summed E-state index contributed by atoms with van der Waals surface area (Å²) in [5.74, 6) is 2.41. The highest BCUT2D eigenvalue weighted by molar-refractivity contribution is 5.65. The van der Waals surface area contributed by atoms with E-state index in [0.29, 0.717) is 5.92 Å². The number of hydrogen-bond donors (Lipinski definition) is 0. The normalized spacial score (nSPS) is 15.0.